The number of amides is 1. The van der Waals surface area contributed by atoms with Crippen LogP contribution in [0.4, 0.5) is 0 Å². The van der Waals surface area contributed by atoms with Gasteiger partial charge >= 0.3 is 0 Å². The maximum atomic E-state index is 11.4. The molecule has 1 rings (SSSR count). The van der Waals surface area contributed by atoms with Crippen molar-refractivity contribution in [2.24, 2.45) is 11.8 Å². The van der Waals surface area contributed by atoms with Crippen LogP contribution in [0.1, 0.15) is 38.5 Å². The van der Waals surface area contributed by atoms with E-state index < -0.39 is 0 Å². The third-order valence-corrected chi connectivity index (χ3v) is 3.42. The summed E-state index contributed by atoms with van der Waals surface area (Å²) >= 11 is 0. The molecular formula is C12H23NO3. The van der Waals surface area contributed by atoms with Crippen LogP contribution < -0.4 is 5.32 Å². The third-order valence-electron chi connectivity index (χ3n) is 3.42. The Labute approximate surface area is 97.0 Å². The lowest BCUT2D eigenvalue weighted by atomic mass is 9.79. The van der Waals surface area contributed by atoms with Crippen LogP contribution in [-0.4, -0.2) is 35.9 Å². The minimum Gasteiger partial charge on any atom is -0.396 e. The van der Waals surface area contributed by atoms with Crippen molar-refractivity contribution in [3.63, 3.8) is 0 Å². The van der Waals surface area contributed by atoms with Crippen LogP contribution >= 0.6 is 0 Å². The normalized spacial score (nSPS) is 25.4. The molecule has 16 heavy (non-hydrogen) atoms. The molecule has 2 atom stereocenters. The summed E-state index contributed by atoms with van der Waals surface area (Å²) in [6.07, 6.45) is 5.50. The molecule has 0 aliphatic heterocycles. The van der Waals surface area contributed by atoms with Gasteiger partial charge in [-0.05, 0) is 31.1 Å². The average molecular weight is 229 g/mol. The number of carbonyl (C=O) groups excluding carboxylic acids is 1. The number of nitrogens with one attached hydrogen (secondary N) is 1. The fourth-order valence-corrected chi connectivity index (χ4v) is 2.37. The number of carbonyl (C=O) groups is 1. The minimum atomic E-state index is 0.0105. The second-order valence-electron chi connectivity index (χ2n) is 4.62. The Morgan fingerprint density at radius 2 is 1.88 bits per heavy atom. The number of rotatable bonds is 6. The number of hydrogen-bond acceptors (Lipinski definition) is 3. The number of aliphatic hydroxyl groups is 2. The fraction of sp³-hybridized carbons (Fsp3) is 0.917. The van der Waals surface area contributed by atoms with Gasteiger partial charge in [0.1, 0.15) is 0 Å². The largest absolute Gasteiger partial charge is 0.396 e. The summed E-state index contributed by atoms with van der Waals surface area (Å²) in [5.41, 5.74) is 0. The highest BCUT2D eigenvalue weighted by atomic mass is 16.3. The SMILES string of the molecule is O=C(CCCO)NCC1CCCCC1CO. The van der Waals surface area contributed by atoms with Crippen LogP contribution in [0.15, 0.2) is 0 Å². The predicted molar refractivity (Wildman–Crippen MR) is 61.9 cm³/mol. The molecule has 4 heteroatoms. The smallest absolute Gasteiger partial charge is 0.220 e. The summed E-state index contributed by atoms with van der Waals surface area (Å²) in [6.45, 7) is 0.975. The van der Waals surface area contributed by atoms with E-state index in [1.807, 2.05) is 0 Å². The van der Waals surface area contributed by atoms with Crippen molar-refractivity contribution in [3.8, 4) is 0 Å². The van der Waals surface area contributed by atoms with E-state index >= 15 is 0 Å². The van der Waals surface area contributed by atoms with Gasteiger partial charge in [-0.25, -0.2) is 0 Å². The molecule has 4 nitrogen and oxygen atoms in total. The Bertz CT molecular complexity index is 208. The maximum absolute atomic E-state index is 11.4. The van der Waals surface area contributed by atoms with Gasteiger partial charge in [-0.2, -0.15) is 0 Å². The molecular weight excluding hydrogens is 206 g/mol. The first-order valence-electron chi connectivity index (χ1n) is 6.26. The number of hydrogen-bond donors (Lipinski definition) is 3. The van der Waals surface area contributed by atoms with Gasteiger partial charge in [0, 0.05) is 26.2 Å². The summed E-state index contributed by atoms with van der Waals surface area (Å²) < 4.78 is 0. The molecule has 1 amide bonds. The lowest BCUT2D eigenvalue weighted by Gasteiger charge is -2.30. The molecule has 94 valence electrons. The van der Waals surface area contributed by atoms with Gasteiger partial charge in [0.15, 0.2) is 0 Å². The Hall–Kier alpha value is -0.610. The van der Waals surface area contributed by atoms with E-state index in [0.717, 1.165) is 12.8 Å². The molecule has 0 heterocycles. The zero-order valence-corrected chi connectivity index (χ0v) is 9.82. The second kappa shape index (κ2) is 7.63. The van der Waals surface area contributed by atoms with Crippen molar-refractivity contribution in [1.29, 1.82) is 0 Å². The van der Waals surface area contributed by atoms with E-state index in [1.165, 1.54) is 12.8 Å². The zero-order chi connectivity index (χ0) is 11.8. The highest BCUT2D eigenvalue weighted by molar-refractivity contribution is 5.75. The van der Waals surface area contributed by atoms with Crippen LogP contribution in [0.25, 0.3) is 0 Å². The monoisotopic (exact) mass is 229 g/mol. The molecule has 1 aliphatic carbocycles. The van der Waals surface area contributed by atoms with Gasteiger partial charge < -0.3 is 15.5 Å². The summed E-state index contributed by atoms with van der Waals surface area (Å²) in [7, 11) is 0. The molecule has 1 fully saturated rings. The molecule has 1 aliphatic rings. The third kappa shape index (κ3) is 4.49. The van der Waals surface area contributed by atoms with Gasteiger partial charge in [0.25, 0.3) is 0 Å². The van der Waals surface area contributed by atoms with E-state index in [9.17, 15) is 9.90 Å². The first-order valence-corrected chi connectivity index (χ1v) is 6.26. The average Bonchev–Trinajstić information content (AvgIpc) is 2.34. The molecule has 0 spiro atoms. The molecule has 1 saturated carbocycles. The second-order valence-corrected chi connectivity index (χ2v) is 4.62. The highest BCUT2D eigenvalue weighted by Crippen LogP contribution is 2.28. The molecule has 0 aromatic rings. The summed E-state index contributed by atoms with van der Waals surface area (Å²) in [6, 6.07) is 0. The Kier molecular flexibility index (Phi) is 6.42. The summed E-state index contributed by atoms with van der Waals surface area (Å²) in [5.74, 6) is 0.792. The highest BCUT2D eigenvalue weighted by Gasteiger charge is 2.24. The standard InChI is InChI=1S/C12H23NO3/c14-7-3-6-12(16)13-8-10-4-1-2-5-11(10)9-15/h10-11,14-15H,1-9H2,(H,13,16). The predicted octanol–water partition coefficient (Wildman–Crippen LogP) is 0.674. The van der Waals surface area contributed by atoms with Crippen LogP contribution in [0.5, 0.6) is 0 Å². The van der Waals surface area contributed by atoms with Gasteiger partial charge in [-0.15, -0.1) is 0 Å². The quantitative estimate of drug-likeness (QED) is 0.627. The lowest BCUT2D eigenvalue weighted by Crippen LogP contribution is -2.35. The van der Waals surface area contributed by atoms with Crippen LogP contribution in [0.3, 0.4) is 0 Å². The van der Waals surface area contributed by atoms with Crippen molar-refractivity contribution in [3.05, 3.63) is 0 Å². The van der Waals surface area contributed by atoms with E-state index in [0.29, 0.717) is 31.2 Å². The first kappa shape index (κ1) is 13.5. The van der Waals surface area contributed by atoms with E-state index in [1.54, 1.807) is 0 Å². The Balaban J connectivity index is 2.21. The lowest BCUT2D eigenvalue weighted by molar-refractivity contribution is -0.121. The van der Waals surface area contributed by atoms with E-state index in [2.05, 4.69) is 5.32 Å². The van der Waals surface area contributed by atoms with E-state index in [4.69, 9.17) is 5.11 Å². The van der Waals surface area contributed by atoms with Crippen molar-refractivity contribution < 1.29 is 15.0 Å². The fourth-order valence-electron chi connectivity index (χ4n) is 2.37. The van der Waals surface area contributed by atoms with Crippen LogP contribution in [-0.2, 0) is 4.79 Å². The van der Waals surface area contributed by atoms with Gasteiger partial charge in [0.05, 0.1) is 0 Å². The zero-order valence-electron chi connectivity index (χ0n) is 9.82. The molecule has 2 unspecified atom stereocenters. The van der Waals surface area contributed by atoms with E-state index in [-0.39, 0.29) is 19.1 Å². The summed E-state index contributed by atoms with van der Waals surface area (Å²) in [4.78, 5) is 11.4. The molecule has 0 aromatic heterocycles. The van der Waals surface area contributed by atoms with Gasteiger partial charge in [-0.1, -0.05) is 12.8 Å². The topological polar surface area (TPSA) is 69.6 Å². The number of aliphatic hydroxyl groups excluding tert-OH is 2. The maximum Gasteiger partial charge on any atom is 0.220 e. The van der Waals surface area contributed by atoms with Crippen LogP contribution in [0.2, 0.25) is 0 Å². The molecule has 0 radical (unpaired) electrons. The molecule has 0 bridgehead atoms. The Morgan fingerprint density at radius 1 is 1.19 bits per heavy atom. The van der Waals surface area contributed by atoms with Crippen LogP contribution in [0, 0.1) is 11.8 Å². The minimum absolute atomic E-state index is 0.0105. The Morgan fingerprint density at radius 3 is 2.50 bits per heavy atom. The van der Waals surface area contributed by atoms with Gasteiger partial charge in [-0.3, -0.25) is 4.79 Å². The van der Waals surface area contributed by atoms with Crippen molar-refractivity contribution >= 4 is 5.91 Å². The van der Waals surface area contributed by atoms with Crippen molar-refractivity contribution in [2.75, 3.05) is 19.8 Å². The van der Waals surface area contributed by atoms with Crippen molar-refractivity contribution in [2.45, 2.75) is 38.5 Å². The summed E-state index contributed by atoms with van der Waals surface area (Å²) in [5, 5.41) is 20.7. The van der Waals surface area contributed by atoms with Crippen molar-refractivity contribution in [1.82, 2.24) is 5.32 Å². The molecule has 0 saturated heterocycles. The van der Waals surface area contributed by atoms with Gasteiger partial charge in [0.2, 0.25) is 5.91 Å². The molecule has 3 N–H and O–H groups in total. The first-order chi connectivity index (χ1) is 7.77. The molecule has 0 aromatic carbocycles.